The second-order valence-electron chi connectivity index (χ2n) is 3.80. The minimum atomic E-state index is 0.0417. The molecule has 0 atom stereocenters. The van der Waals surface area contributed by atoms with E-state index in [0.717, 1.165) is 28.0 Å². The van der Waals surface area contributed by atoms with Gasteiger partial charge >= 0.3 is 0 Å². The quantitative estimate of drug-likeness (QED) is 0.828. The largest absolute Gasteiger partial charge is 0.351 e. The Kier molecular flexibility index (Phi) is 2.54. The first-order valence-corrected chi connectivity index (χ1v) is 5.70. The van der Waals surface area contributed by atoms with Crippen LogP contribution in [0.15, 0.2) is 0 Å². The average Bonchev–Trinajstić information content (AvgIpc) is 2.88. The van der Waals surface area contributed by atoms with Crippen LogP contribution in [0, 0.1) is 19.8 Å². The first kappa shape index (κ1) is 9.65. The van der Waals surface area contributed by atoms with Crippen LogP contribution in [0.4, 0.5) is 0 Å². The van der Waals surface area contributed by atoms with Gasteiger partial charge in [-0.25, -0.2) is 4.98 Å². The Morgan fingerprint density at radius 3 is 2.79 bits per heavy atom. The van der Waals surface area contributed by atoms with Gasteiger partial charge in [-0.1, -0.05) is 0 Å². The number of amides is 1. The van der Waals surface area contributed by atoms with Gasteiger partial charge in [-0.15, -0.1) is 11.3 Å². The van der Waals surface area contributed by atoms with Crippen molar-refractivity contribution in [3.8, 4) is 0 Å². The number of rotatable bonds is 3. The van der Waals surface area contributed by atoms with Crippen molar-refractivity contribution in [3.63, 3.8) is 0 Å². The SMILES string of the molecule is Cc1nc(C)c(C(=O)NCC2CC2)s1. The van der Waals surface area contributed by atoms with E-state index in [0.29, 0.717) is 0 Å². The lowest BCUT2D eigenvalue weighted by Gasteiger charge is -2.01. The van der Waals surface area contributed by atoms with E-state index >= 15 is 0 Å². The Morgan fingerprint density at radius 2 is 2.29 bits per heavy atom. The van der Waals surface area contributed by atoms with Crippen LogP contribution in [0.3, 0.4) is 0 Å². The highest BCUT2D eigenvalue weighted by Gasteiger charge is 2.22. The molecule has 4 heteroatoms. The van der Waals surface area contributed by atoms with E-state index in [9.17, 15) is 4.79 Å². The summed E-state index contributed by atoms with van der Waals surface area (Å²) in [6.45, 7) is 4.64. The number of nitrogens with zero attached hydrogens (tertiary/aromatic N) is 1. The monoisotopic (exact) mass is 210 g/mol. The van der Waals surface area contributed by atoms with Crippen LogP contribution in [-0.2, 0) is 0 Å². The fraction of sp³-hybridized carbons (Fsp3) is 0.600. The van der Waals surface area contributed by atoms with Crippen LogP contribution in [0.25, 0.3) is 0 Å². The zero-order chi connectivity index (χ0) is 10.1. The fourth-order valence-corrected chi connectivity index (χ4v) is 2.22. The maximum absolute atomic E-state index is 11.7. The molecule has 1 aromatic heterocycles. The predicted molar refractivity (Wildman–Crippen MR) is 56.6 cm³/mol. The van der Waals surface area contributed by atoms with Crippen molar-refractivity contribution in [2.45, 2.75) is 26.7 Å². The molecule has 2 rings (SSSR count). The third kappa shape index (κ3) is 2.12. The van der Waals surface area contributed by atoms with Crippen LogP contribution < -0.4 is 5.32 Å². The standard InChI is InChI=1S/C10H14N2OS/c1-6-9(14-7(2)12-6)10(13)11-5-8-3-4-8/h8H,3-5H2,1-2H3,(H,11,13). The highest BCUT2D eigenvalue weighted by Crippen LogP contribution is 2.27. The minimum absolute atomic E-state index is 0.0417. The van der Waals surface area contributed by atoms with Gasteiger partial charge in [0.05, 0.1) is 10.7 Å². The fourth-order valence-electron chi connectivity index (χ4n) is 1.38. The van der Waals surface area contributed by atoms with Crippen molar-refractivity contribution in [3.05, 3.63) is 15.6 Å². The maximum atomic E-state index is 11.7. The van der Waals surface area contributed by atoms with Crippen LogP contribution >= 0.6 is 11.3 Å². The zero-order valence-corrected chi connectivity index (χ0v) is 9.28. The number of aromatic nitrogens is 1. The topological polar surface area (TPSA) is 42.0 Å². The number of hydrogen-bond acceptors (Lipinski definition) is 3. The summed E-state index contributed by atoms with van der Waals surface area (Å²) in [4.78, 5) is 16.7. The summed E-state index contributed by atoms with van der Waals surface area (Å²) in [6.07, 6.45) is 2.53. The maximum Gasteiger partial charge on any atom is 0.263 e. The van der Waals surface area contributed by atoms with Crippen LogP contribution in [0.2, 0.25) is 0 Å². The molecule has 0 saturated heterocycles. The summed E-state index contributed by atoms with van der Waals surface area (Å²) < 4.78 is 0. The summed E-state index contributed by atoms with van der Waals surface area (Å²) in [5.74, 6) is 0.772. The molecule has 1 saturated carbocycles. The van der Waals surface area contributed by atoms with Crippen molar-refractivity contribution in [1.82, 2.24) is 10.3 Å². The van der Waals surface area contributed by atoms with E-state index in [4.69, 9.17) is 0 Å². The Bertz CT molecular complexity index is 355. The Labute approximate surface area is 87.6 Å². The van der Waals surface area contributed by atoms with E-state index in [1.54, 1.807) is 0 Å². The van der Waals surface area contributed by atoms with E-state index in [1.807, 2.05) is 13.8 Å². The van der Waals surface area contributed by atoms with Gasteiger partial charge in [-0.3, -0.25) is 4.79 Å². The van der Waals surface area contributed by atoms with E-state index < -0.39 is 0 Å². The Hall–Kier alpha value is -0.900. The summed E-state index contributed by atoms with van der Waals surface area (Å²) in [5, 5.41) is 3.90. The van der Waals surface area contributed by atoms with Crippen molar-refractivity contribution in [2.75, 3.05) is 6.54 Å². The number of aryl methyl sites for hydroxylation is 2. The third-order valence-corrected chi connectivity index (χ3v) is 3.43. The second kappa shape index (κ2) is 3.69. The number of carbonyl (C=O) groups excluding carboxylic acids is 1. The molecule has 0 spiro atoms. The molecule has 0 unspecified atom stereocenters. The highest BCUT2D eigenvalue weighted by molar-refractivity contribution is 7.13. The van der Waals surface area contributed by atoms with E-state index in [-0.39, 0.29) is 5.91 Å². The van der Waals surface area contributed by atoms with Gasteiger partial charge in [0.15, 0.2) is 0 Å². The van der Waals surface area contributed by atoms with E-state index in [2.05, 4.69) is 10.3 Å². The van der Waals surface area contributed by atoms with Crippen molar-refractivity contribution < 1.29 is 4.79 Å². The molecule has 0 aliphatic heterocycles. The molecule has 1 N–H and O–H groups in total. The van der Waals surface area contributed by atoms with Crippen molar-refractivity contribution in [1.29, 1.82) is 0 Å². The Morgan fingerprint density at radius 1 is 1.57 bits per heavy atom. The average molecular weight is 210 g/mol. The van der Waals surface area contributed by atoms with Crippen LogP contribution in [-0.4, -0.2) is 17.4 Å². The van der Waals surface area contributed by atoms with Gasteiger partial charge in [0.2, 0.25) is 0 Å². The molecule has 3 nitrogen and oxygen atoms in total. The Balaban J connectivity index is 1.98. The molecule has 0 bridgehead atoms. The number of hydrogen-bond donors (Lipinski definition) is 1. The van der Waals surface area contributed by atoms with Crippen molar-refractivity contribution >= 4 is 17.2 Å². The first-order valence-electron chi connectivity index (χ1n) is 4.89. The van der Waals surface area contributed by atoms with Crippen LogP contribution in [0.1, 0.15) is 33.2 Å². The lowest BCUT2D eigenvalue weighted by atomic mass is 10.3. The second-order valence-corrected chi connectivity index (χ2v) is 5.00. The zero-order valence-electron chi connectivity index (χ0n) is 8.46. The minimum Gasteiger partial charge on any atom is -0.351 e. The van der Waals surface area contributed by atoms with Gasteiger partial charge in [-0.05, 0) is 32.6 Å². The molecule has 1 aliphatic rings. The van der Waals surface area contributed by atoms with Gasteiger partial charge in [0.1, 0.15) is 4.88 Å². The lowest BCUT2D eigenvalue weighted by molar-refractivity contribution is 0.0955. The van der Waals surface area contributed by atoms with Gasteiger partial charge in [-0.2, -0.15) is 0 Å². The summed E-state index contributed by atoms with van der Waals surface area (Å²) in [7, 11) is 0. The van der Waals surface area contributed by atoms with Gasteiger partial charge in [0.25, 0.3) is 5.91 Å². The predicted octanol–water partition coefficient (Wildman–Crippen LogP) is 1.90. The number of carbonyl (C=O) groups is 1. The van der Waals surface area contributed by atoms with Crippen LogP contribution in [0.5, 0.6) is 0 Å². The highest BCUT2D eigenvalue weighted by atomic mass is 32.1. The first-order chi connectivity index (χ1) is 6.66. The van der Waals surface area contributed by atoms with Gasteiger partial charge in [0, 0.05) is 6.54 Å². The number of thiazole rings is 1. The molecule has 1 fully saturated rings. The number of nitrogens with one attached hydrogen (secondary N) is 1. The molecule has 1 aliphatic carbocycles. The van der Waals surface area contributed by atoms with Gasteiger partial charge < -0.3 is 5.32 Å². The lowest BCUT2D eigenvalue weighted by Crippen LogP contribution is -2.25. The normalized spacial score (nSPS) is 15.6. The smallest absolute Gasteiger partial charge is 0.263 e. The molecule has 1 aromatic rings. The molecule has 14 heavy (non-hydrogen) atoms. The summed E-state index contributed by atoms with van der Waals surface area (Å²) >= 11 is 1.47. The summed E-state index contributed by atoms with van der Waals surface area (Å²) in [6, 6.07) is 0. The molecular formula is C10H14N2OS. The molecular weight excluding hydrogens is 196 g/mol. The van der Waals surface area contributed by atoms with E-state index in [1.165, 1.54) is 24.2 Å². The summed E-state index contributed by atoms with van der Waals surface area (Å²) in [5.41, 5.74) is 0.848. The molecule has 1 heterocycles. The van der Waals surface area contributed by atoms with Crippen molar-refractivity contribution in [2.24, 2.45) is 5.92 Å². The molecule has 0 radical (unpaired) electrons. The molecule has 76 valence electrons. The molecule has 0 aromatic carbocycles. The molecule has 1 amide bonds. The third-order valence-electron chi connectivity index (χ3n) is 2.36.